The fourth-order valence-corrected chi connectivity index (χ4v) is 1.31. The summed E-state index contributed by atoms with van der Waals surface area (Å²) in [5, 5.41) is 8.61. The van der Waals surface area contributed by atoms with E-state index in [9.17, 15) is 9.59 Å². The third kappa shape index (κ3) is 10.00. The SMILES string of the molecule is CC(COCC(=O)CCCC(C)(C)C)C(=O)O. The predicted octanol–water partition coefficient (Wildman–Crippen LogP) is 2.51. The average Bonchev–Trinajstić information content (AvgIpc) is 2.15. The summed E-state index contributed by atoms with van der Waals surface area (Å²) in [7, 11) is 0. The van der Waals surface area contributed by atoms with Crippen LogP contribution in [0.3, 0.4) is 0 Å². The Bertz CT molecular complexity index is 253. The van der Waals surface area contributed by atoms with Crippen molar-refractivity contribution in [3.05, 3.63) is 0 Å². The number of hydrogen-bond donors (Lipinski definition) is 1. The second-order valence-corrected chi connectivity index (χ2v) is 5.71. The maximum atomic E-state index is 11.4. The molecule has 17 heavy (non-hydrogen) atoms. The normalized spacial score (nSPS) is 13.4. The van der Waals surface area contributed by atoms with Gasteiger partial charge < -0.3 is 9.84 Å². The number of rotatable bonds is 8. The largest absolute Gasteiger partial charge is 0.481 e. The zero-order chi connectivity index (χ0) is 13.5. The Balaban J connectivity index is 3.57. The standard InChI is InChI=1S/C13H24O4/c1-10(12(15)16)8-17-9-11(14)6-5-7-13(2,3)4/h10H,5-9H2,1-4H3,(H,15,16). The molecular formula is C13H24O4. The van der Waals surface area contributed by atoms with Gasteiger partial charge in [0.2, 0.25) is 0 Å². The van der Waals surface area contributed by atoms with Gasteiger partial charge in [-0.15, -0.1) is 0 Å². The number of aliphatic carboxylic acids is 1. The van der Waals surface area contributed by atoms with Crippen molar-refractivity contribution in [1.82, 2.24) is 0 Å². The van der Waals surface area contributed by atoms with Gasteiger partial charge in [0.15, 0.2) is 5.78 Å². The molecular weight excluding hydrogens is 220 g/mol. The van der Waals surface area contributed by atoms with Gasteiger partial charge in [-0.3, -0.25) is 9.59 Å². The third-order valence-electron chi connectivity index (χ3n) is 2.43. The van der Waals surface area contributed by atoms with Crippen LogP contribution >= 0.6 is 0 Å². The first-order valence-corrected chi connectivity index (χ1v) is 6.04. The van der Waals surface area contributed by atoms with Gasteiger partial charge in [0.05, 0.1) is 12.5 Å². The molecule has 1 atom stereocenters. The number of ketones is 1. The van der Waals surface area contributed by atoms with Crippen LogP contribution in [0, 0.1) is 11.3 Å². The Morgan fingerprint density at radius 1 is 1.29 bits per heavy atom. The molecule has 0 spiro atoms. The molecule has 1 unspecified atom stereocenters. The zero-order valence-corrected chi connectivity index (χ0v) is 11.3. The lowest BCUT2D eigenvalue weighted by atomic mass is 9.89. The van der Waals surface area contributed by atoms with Gasteiger partial charge in [0, 0.05) is 6.42 Å². The first kappa shape index (κ1) is 16.1. The molecule has 0 aromatic carbocycles. The predicted molar refractivity (Wildman–Crippen MR) is 65.9 cm³/mol. The highest BCUT2D eigenvalue weighted by Crippen LogP contribution is 2.21. The quantitative estimate of drug-likeness (QED) is 0.712. The van der Waals surface area contributed by atoms with E-state index in [1.54, 1.807) is 6.92 Å². The van der Waals surface area contributed by atoms with E-state index in [1.165, 1.54) is 0 Å². The van der Waals surface area contributed by atoms with Crippen LogP contribution in [-0.4, -0.2) is 30.1 Å². The van der Waals surface area contributed by atoms with E-state index in [2.05, 4.69) is 20.8 Å². The summed E-state index contributed by atoms with van der Waals surface area (Å²) in [6, 6.07) is 0. The fraction of sp³-hybridized carbons (Fsp3) is 0.846. The van der Waals surface area contributed by atoms with Gasteiger partial charge in [-0.25, -0.2) is 0 Å². The van der Waals surface area contributed by atoms with Gasteiger partial charge in [-0.1, -0.05) is 20.8 Å². The van der Waals surface area contributed by atoms with E-state index < -0.39 is 11.9 Å². The van der Waals surface area contributed by atoms with Gasteiger partial charge in [-0.05, 0) is 25.2 Å². The highest BCUT2D eigenvalue weighted by atomic mass is 16.5. The lowest BCUT2D eigenvalue weighted by molar-refractivity contribution is -0.144. The van der Waals surface area contributed by atoms with Crippen LogP contribution in [0.1, 0.15) is 47.0 Å². The number of Topliss-reactive ketones (excluding diaryl/α,β-unsaturated/α-hetero) is 1. The van der Waals surface area contributed by atoms with Gasteiger partial charge in [-0.2, -0.15) is 0 Å². The molecule has 0 bridgehead atoms. The van der Waals surface area contributed by atoms with Crippen LogP contribution in [0.4, 0.5) is 0 Å². The monoisotopic (exact) mass is 244 g/mol. The molecule has 0 saturated carbocycles. The zero-order valence-electron chi connectivity index (χ0n) is 11.3. The second-order valence-electron chi connectivity index (χ2n) is 5.71. The van der Waals surface area contributed by atoms with E-state index in [4.69, 9.17) is 9.84 Å². The summed E-state index contributed by atoms with van der Waals surface area (Å²) in [4.78, 5) is 21.9. The summed E-state index contributed by atoms with van der Waals surface area (Å²) >= 11 is 0. The molecule has 4 heteroatoms. The first-order valence-electron chi connectivity index (χ1n) is 6.04. The number of carbonyl (C=O) groups excluding carboxylic acids is 1. The van der Waals surface area contributed by atoms with Gasteiger partial charge >= 0.3 is 5.97 Å². The van der Waals surface area contributed by atoms with E-state index in [0.29, 0.717) is 6.42 Å². The maximum Gasteiger partial charge on any atom is 0.308 e. The van der Waals surface area contributed by atoms with Crippen LogP contribution in [-0.2, 0) is 14.3 Å². The van der Waals surface area contributed by atoms with Crippen molar-refractivity contribution in [2.24, 2.45) is 11.3 Å². The molecule has 0 aliphatic carbocycles. The number of ether oxygens (including phenoxy) is 1. The molecule has 0 fully saturated rings. The Morgan fingerprint density at radius 2 is 1.88 bits per heavy atom. The van der Waals surface area contributed by atoms with E-state index in [1.807, 2.05) is 0 Å². The molecule has 100 valence electrons. The molecule has 0 radical (unpaired) electrons. The molecule has 0 aromatic rings. The molecule has 0 aliphatic heterocycles. The molecule has 0 saturated heterocycles. The number of carboxylic acids is 1. The highest BCUT2D eigenvalue weighted by molar-refractivity contribution is 5.79. The second kappa shape index (κ2) is 7.43. The minimum Gasteiger partial charge on any atom is -0.481 e. The minimum absolute atomic E-state index is 0.0295. The Labute approximate surface area is 103 Å². The van der Waals surface area contributed by atoms with E-state index >= 15 is 0 Å². The Morgan fingerprint density at radius 3 is 2.35 bits per heavy atom. The highest BCUT2D eigenvalue weighted by Gasteiger charge is 2.13. The van der Waals surface area contributed by atoms with Crippen molar-refractivity contribution < 1.29 is 19.4 Å². The van der Waals surface area contributed by atoms with Crippen molar-refractivity contribution in [2.45, 2.75) is 47.0 Å². The smallest absolute Gasteiger partial charge is 0.308 e. The van der Waals surface area contributed by atoms with E-state index in [-0.39, 0.29) is 24.4 Å². The van der Waals surface area contributed by atoms with Crippen LogP contribution in [0.15, 0.2) is 0 Å². The van der Waals surface area contributed by atoms with Crippen molar-refractivity contribution >= 4 is 11.8 Å². The lowest BCUT2D eigenvalue weighted by Gasteiger charge is -2.17. The van der Waals surface area contributed by atoms with Crippen molar-refractivity contribution in [3.63, 3.8) is 0 Å². The minimum atomic E-state index is -0.898. The van der Waals surface area contributed by atoms with Gasteiger partial charge in [0.25, 0.3) is 0 Å². The average molecular weight is 244 g/mol. The molecule has 0 heterocycles. The summed E-state index contributed by atoms with van der Waals surface area (Å²) in [6.07, 6.45) is 2.38. The third-order valence-corrected chi connectivity index (χ3v) is 2.43. The molecule has 0 rings (SSSR count). The number of carbonyl (C=O) groups is 2. The summed E-state index contributed by atoms with van der Waals surface area (Å²) < 4.78 is 5.07. The van der Waals surface area contributed by atoms with Crippen LogP contribution in [0.5, 0.6) is 0 Å². The number of carboxylic acid groups (broad SMARTS) is 1. The molecule has 4 nitrogen and oxygen atoms in total. The van der Waals surface area contributed by atoms with Crippen molar-refractivity contribution in [2.75, 3.05) is 13.2 Å². The van der Waals surface area contributed by atoms with Crippen LogP contribution < -0.4 is 0 Å². The van der Waals surface area contributed by atoms with Crippen molar-refractivity contribution in [3.8, 4) is 0 Å². The molecule has 0 amide bonds. The van der Waals surface area contributed by atoms with Crippen LogP contribution in [0.2, 0.25) is 0 Å². The van der Waals surface area contributed by atoms with Crippen molar-refractivity contribution in [1.29, 1.82) is 0 Å². The topological polar surface area (TPSA) is 63.6 Å². The first-order chi connectivity index (χ1) is 7.72. The summed E-state index contributed by atoms with van der Waals surface area (Å²) in [5.41, 5.74) is 0.249. The van der Waals surface area contributed by atoms with Crippen LogP contribution in [0.25, 0.3) is 0 Å². The Hall–Kier alpha value is -0.900. The van der Waals surface area contributed by atoms with E-state index in [0.717, 1.165) is 12.8 Å². The molecule has 0 aromatic heterocycles. The summed E-state index contributed by atoms with van der Waals surface area (Å²) in [5.74, 6) is -1.41. The number of hydrogen-bond acceptors (Lipinski definition) is 3. The Kier molecular flexibility index (Phi) is 7.04. The van der Waals surface area contributed by atoms with Gasteiger partial charge in [0.1, 0.15) is 6.61 Å². The molecule has 1 N–H and O–H groups in total. The fourth-order valence-electron chi connectivity index (χ4n) is 1.31. The lowest BCUT2D eigenvalue weighted by Crippen LogP contribution is -2.19. The maximum absolute atomic E-state index is 11.4. The summed E-state index contributed by atoms with van der Waals surface area (Å²) in [6.45, 7) is 8.11. The molecule has 0 aliphatic rings.